The quantitative estimate of drug-likeness (QED) is 0.683. The van der Waals surface area contributed by atoms with Gasteiger partial charge in [0.15, 0.2) is 0 Å². The van der Waals surface area contributed by atoms with Crippen molar-refractivity contribution in [3.05, 3.63) is 48.2 Å². The number of hydrogen-bond donors (Lipinski definition) is 2. The zero-order valence-corrected chi connectivity index (χ0v) is 7.10. The van der Waals surface area contributed by atoms with Gasteiger partial charge in [0.05, 0.1) is 0 Å². The SMILES string of the molecule is O=C(O)/C=C\NCc1ccccc1. The van der Waals surface area contributed by atoms with Crippen LogP contribution in [0.5, 0.6) is 0 Å². The van der Waals surface area contributed by atoms with E-state index >= 15 is 0 Å². The molecule has 0 heterocycles. The highest BCUT2D eigenvalue weighted by molar-refractivity contribution is 5.79. The van der Waals surface area contributed by atoms with Gasteiger partial charge in [-0.3, -0.25) is 0 Å². The number of benzene rings is 1. The first-order chi connectivity index (χ1) is 6.29. The van der Waals surface area contributed by atoms with E-state index in [2.05, 4.69) is 5.32 Å². The molecule has 0 amide bonds. The highest BCUT2D eigenvalue weighted by Crippen LogP contribution is 1.96. The second-order valence-corrected chi connectivity index (χ2v) is 2.54. The van der Waals surface area contributed by atoms with Crippen molar-refractivity contribution in [2.45, 2.75) is 6.54 Å². The minimum Gasteiger partial charge on any atom is -0.478 e. The Hall–Kier alpha value is -1.77. The summed E-state index contributed by atoms with van der Waals surface area (Å²) >= 11 is 0. The lowest BCUT2D eigenvalue weighted by Crippen LogP contribution is -2.05. The van der Waals surface area contributed by atoms with Crippen LogP contribution in [-0.4, -0.2) is 11.1 Å². The maximum Gasteiger partial charge on any atom is 0.329 e. The summed E-state index contributed by atoms with van der Waals surface area (Å²) in [7, 11) is 0. The largest absolute Gasteiger partial charge is 0.478 e. The average molecular weight is 177 g/mol. The lowest BCUT2D eigenvalue weighted by atomic mass is 10.2. The molecule has 2 N–H and O–H groups in total. The third-order valence-electron chi connectivity index (χ3n) is 1.49. The molecule has 1 rings (SSSR count). The molecule has 0 saturated heterocycles. The van der Waals surface area contributed by atoms with E-state index in [0.717, 1.165) is 11.6 Å². The van der Waals surface area contributed by atoms with Gasteiger partial charge in [-0.15, -0.1) is 0 Å². The number of hydrogen-bond acceptors (Lipinski definition) is 2. The highest BCUT2D eigenvalue weighted by atomic mass is 16.4. The third kappa shape index (κ3) is 3.96. The predicted molar refractivity (Wildman–Crippen MR) is 50.1 cm³/mol. The first-order valence-corrected chi connectivity index (χ1v) is 3.96. The fourth-order valence-electron chi connectivity index (χ4n) is 0.903. The predicted octanol–water partition coefficient (Wildman–Crippen LogP) is 1.37. The summed E-state index contributed by atoms with van der Waals surface area (Å²) in [4.78, 5) is 10.1. The van der Waals surface area contributed by atoms with Gasteiger partial charge in [0, 0.05) is 18.8 Å². The van der Waals surface area contributed by atoms with Gasteiger partial charge in [-0.1, -0.05) is 30.3 Å². The molecule has 3 nitrogen and oxygen atoms in total. The van der Waals surface area contributed by atoms with Crippen molar-refractivity contribution in [3.8, 4) is 0 Å². The molecule has 0 saturated carbocycles. The first kappa shape index (κ1) is 9.32. The lowest BCUT2D eigenvalue weighted by molar-refractivity contribution is -0.131. The number of nitrogens with one attached hydrogen (secondary N) is 1. The molecule has 0 aromatic heterocycles. The fraction of sp³-hybridized carbons (Fsp3) is 0.100. The summed E-state index contributed by atoms with van der Waals surface area (Å²) < 4.78 is 0. The van der Waals surface area contributed by atoms with E-state index in [-0.39, 0.29) is 0 Å². The van der Waals surface area contributed by atoms with Crippen LogP contribution in [-0.2, 0) is 11.3 Å². The Labute approximate surface area is 76.7 Å². The van der Waals surface area contributed by atoms with Crippen LogP contribution in [0, 0.1) is 0 Å². The van der Waals surface area contributed by atoms with Crippen LogP contribution in [0.3, 0.4) is 0 Å². The topological polar surface area (TPSA) is 49.3 Å². The molecule has 0 bridgehead atoms. The van der Waals surface area contributed by atoms with Crippen molar-refractivity contribution >= 4 is 5.97 Å². The molecular formula is C10H11NO2. The van der Waals surface area contributed by atoms with E-state index in [1.165, 1.54) is 6.20 Å². The van der Waals surface area contributed by atoms with E-state index < -0.39 is 5.97 Å². The molecule has 0 aliphatic carbocycles. The maximum absolute atomic E-state index is 10.1. The molecule has 1 aromatic carbocycles. The third-order valence-corrected chi connectivity index (χ3v) is 1.49. The molecule has 0 aliphatic rings. The summed E-state index contributed by atoms with van der Waals surface area (Å²) in [6.07, 6.45) is 2.50. The first-order valence-electron chi connectivity index (χ1n) is 3.96. The number of carboxylic acid groups (broad SMARTS) is 1. The smallest absolute Gasteiger partial charge is 0.329 e. The molecular weight excluding hydrogens is 166 g/mol. The minimum atomic E-state index is -0.944. The van der Waals surface area contributed by atoms with Crippen LogP contribution in [0.25, 0.3) is 0 Å². The van der Waals surface area contributed by atoms with E-state index in [4.69, 9.17) is 5.11 Å². The van der Waals surface area contributed by atoms with E-state index in [1.54, 1.807) is 0 Å². The number of carbonyl (C=O) groups is 1. The van der Waals surface area contributed by atoms with Gasteiger partial charge in [-0.25, -0.2) is 4.79 Å². The molecule has 13 heavy (non-hydrogen) atoms. The second-order valence-electron chi connectivity index (χ2n) is 2.54. The minimum absolute atomic E-state index is 0.643. The Balaban J connectivity index is 2.32. The van der Waals surface area contributed by atoms with Crippen LogP contribution >= 0.6 is 0 Å². The molecule has 68 valence electrons. The van der Waals surface area contributed by atoms with Gasteiger partial charge >= 0.3 is 5.97 Å². The Kier molecular flexibility index (Phi) is 3.57. The summed E-state index contributed by atoms with van der Waals surface area (Å²) in [5.74, 6) is -0.944. The molecule has 0 unspecified atom stereocenters. The summed E-state index contributed by atoms with van der Waals surface area (Å²) in [6, 6.07) is 9.77. The van der Waals surface area contributed by atoms with Gasteiger partial charge in [0.1, 0.15) is 0 Å². The van der Waals surface area contributed by atoms with Crippen LogP contribution in [0.4, 0.5) is 0 Å². The molecule has 3 heteroatoms. The van der Waals surface area contributed by atoms with Gasteiger partial charge < -0.3 is 10.4 Å². The average Bonchev–Trinajstić information content (AvgIpc) is 2.14. The van der Waals surface area contributed by atoms with Crippen molar-refractivity contribution in [1.82, 2.24) is 5.32 Å². The van der Waals surface area contributed by atoms with Gasteiger partial charge in [-0.2, -0.15) is 0 Å². The molecule has 0 aliphatic heterocycles. The molecule has 0 radical (unpaired) electrons. The van der Waals surface area contributed by atoms with Gasteiger partial charge in [-0.05, 0) is 5.56 Å². The van der Waals surface area contributed by atoms with E-state index in [9.17, 15) is 4.79 Å². The Bertz CT molecular complexity index is 293. The van der Waals surface area contributed by atoms with Crippen molar-refractivity contribution in [2.24, 2.45) is 0 Å². The van der Waals surface area contributed by atoms with E-state index in [1.807, 2.05) is 30.3 Å². The van der Waals surface area contributed by atoms with Crippen molar-refractivity contribution in [2.75, 3.05) is 0 Å². The van der Waals surface area contributed by atoms with Crippen LogP contribution in [0.15, 0.2) is 42.6 Å². The van der Waals surface area contributed by atoms with Crippen molar-refractivity contribution < 1.29 is 9.90 Å². The van der Waals surface area contributed by atoms with Gasteiger partial charge in [0.2, 0.25) is 0 Å². The highest BCUT2D eigenvalue weighted by Gasteiger charge is 1.87. The fourth-order valence-corrected chi connectivity index (χ4v) is 0.903. The zero-order valence-electron chi connectivity index (χ0n) is 7.10. The summed E-state index contributed by atoms with van der Waals surface area (Å²) in [6.45, 7) is 0.643. The lowest BCUT2D eigenvalue weighted by Gasteiger charge is -1.99. The molecule has 0 atom stereocenters. The zero-order chi connectivity index (χ0) is 9.52. The number of carboxylic acids is 1. The van der Waals surface area contributed by atoms with Crippen molar-refractivity contribution in [3.63, 3.8) is 0 Å². The monoisotopic (exact) mass is 177 g/mol. The van der Waals surface area contributed by atoms with Crippen LogP contribution < -0.4 is 5.32 Å². The summed E-state index contributed by atoms with van der Waals surface area (Å²) in [5.41, 5.74) is 1.12. The summed E-state index contributed by atoms with van der Waals surface area (Å²) in [5, 5.41) is 11.2. The standard InChI is InChI=1S/C10H11NO2/c12-10(13)6-7-11-8-9-4-2-1-3-5-9/h1-7,11H,8H2,(H,12,13)/b7-6-. The van der Waals surface area contributed by atoms with E-state index in [0.29, 0.717) is 6.54 Å². The maximum atomic E-state index is 10.1. The van der Waals surface area contributed by atoms with Crippen LogP contribution in [0.2, 0.25) is 0 Å². The second kappa shape index (κ2) is 4.98. The number of aliphatic carboxylic acids is 1. The Morgan fingerprint density at radius 3 is 2.69 bits per heavy atom. The molecule has 1 aromatic rings. The Morgan fingerprint density at radius 1 is 1.38 bits per heavy atom. The van der Waals surface area contributed by atoms with Crippen molar-refractivity contribution in [1.29, 1.82) is 0 Å². The van der Waals surface area contributed by atoms with Gasteiger partial charge in [0.25, 0.3) is 0 Å². The van der Waals surface area contributed by atoms with Crippen LogP contribution in [0.1, 0.15) is 5.56 Å². The molecule has 0 spiro atoms. The number of rotatable bonds is 4. The molecule has 0 fully saturated rings. The normalized spacial score (nSPS) is 10.2. The Morgan fingerprint density at radius 2 is 2.08 bits per heavy atom.